The molecule has 2 nitrogen and oxygen atoms in total. The molecule has 0 aliphatic carbocycles. The second-order valence-electron chi connectivity index (χ2n) is 3.92. The van der Waals surface area contributed by atoms with Crippen molar-refractivity contribution in [2.75, 3.05) is 0 Å². The normalized spacial score (nSPS) is 11.6. The lowest BCUT2D eigenvalue weighted by Crippen LogP contribution is -2.01. The fourth-order valence-corrected chi connectivity index (χ4v) is 2.20. The van der Waals surface area contributed by atoms with Crippen LogP contribution in [0.25, 0.3) is 11.3 Å². The third kappa shape index (κ3) is 3.01. The Balaban J connectivity index is 2.59. The van der Waals surface area contributed by atoms with Crippen molar-refractivity contribution in [2.24, 2.45) is 5.73 Å². The van der Waals surface area contributed by atoms with Gasteiger partial charge in [-0.3, -0.25) is 0 Å². The quantitative estimate of drug-likeness (QED) is 0.674. The molecule has 0 aromatic heterocycles. The van der Waals surface area contributed by atoms with E-state index in [4.69, 9.17) is 5.73 Å². The van der Waals surface area contributed by atoms with E-state index in [-0.39, 0.29) is 5.70 Å². The van der Waals surface area contributed by atoms with Crippen molar-refractivity contribution in [2.45, 2.75) is 0 Å². The van der Waals surface area contributed by atoms with E-state index < -0.39 is 5.82 Å². The van der Waals surface area contributed by atoms with Crippen LogP contribution in [0, 0.1) is 17.1 Å². The lowest BCUT2D eigenvalue weighted by molar-refractivity contribution is 0.626. The van der Waals surface area contributed by atoms with Crippen LogP contribution in [0.5, 0.6) is 0 Å². The zero-order chi connectivity index (χ0) is 13.8. The highest BCUT2D eigenvalue weighted by molar-refractivity contribution is 9.10. The molecule has 0 aliphatic heterocycles. The monoisotopic (exact) mass is 316 g/mol. The minimum Gasteiger partial charge on any atom is -0.397 e. The first-order chi connectivity index (χ1) is 9.11. The van der Waals surface area contributed by atoms with Crippen LogP contribution in [-0.4, -0.2) is 0 Å². The molecule has 0 amide bonds. The number of rotatable bonds is 2. The van der Waals surface area contributed by atoms with E-state index in [1.54, 1.807) is 18.2 Å². The fraction of sp³-hybridized carbons (Fsp3) is 0. The lowest BCUT2D eigenvalue weighted by Gasteiger charge is -2.07. The third-order valence-electron chi connectivity index (χ3n) is 2.62. The molecule has 94 valence electrons. The number of nitrogens with two attached hydrogens (primary N) is 1. The molecule has 2 aromatic carbocycles. The second-order valence-corrected chi connectivity index (χ2v) is 4.84. The van der Waals surface area contributed by atoms with Gasteiger partial charge < -0.3 is 5.73 Å². The van der Waals surface area contributed by atoms with Crippen molar-refractivity contribution in [1.82, 2.24) is 0 Å². The SMILES string of the molecule is N#C/C(=C(/N)c1cc(F)cc(Br)c1)c1ccccc1. The van der Waals surface area contributed by atoms with Crippen LogP contribution in [0.1, 0.15) is 11.1 Å². The van der Waals surface area contributed by atoms with Gasteiger partial charge in [-0.2, -0.15) is 5.26 Å². The lowest BCUT2D eigenvalue weighted by atomic mass is 10.0. The summed E-state index contributed by atoms with van der Waals surface area (Å²) >= 11 is 3.21. The molecule has 0 atom stereocenters. The predicted molar refractivity (Wildman–Crippen MR) is 77.2 cm³/mol. The van der Waals surface area contributed by atoms with Crippen LogP contribution in [0.2, 0.25) is 0 Å². The first-order valence-electron chi connectivity index (χ1n) is 5.53. The van der Waals surface area contributed by atoms with E-state index in [9.17, 15) is 9.65 Å². The largest absolute Gasteiger partial charge is 0.397 e. The Morgan fingerprint density at radius 2 is 1.79 bits per heavy atom. The van der Waals surface area contributed by atoms with Crippen molar-refractivity contribution in [3.63, 3.8) is 0 Å². The van der Waals surface area contributed by atoms with E-state index in [0.717, 1.165) is 0 Å². The maximum Gasteiger partial charge on any atom is 0.125 e. The summed E-state index contributed by atoms with van der Waals surface area (Å²) in [6.07, 6.45) is 0. The molecule has 0 fully saturated rings. The van der Waals surface area contributed by atoms with Gasteiger partial charge in [0.2, 0.25) is 0 Å². The summed E-state index contributed by atoms with van der Waals surface area (Å²) in [4.78, 5) is 0. The predicted octanol–water partition coefficient (Wildman–Crippen LogP) is 3.94. The first-order valence-corrected chi connectivity index (χ1v) is 6.33. The number of hydrogen-bond acceptors (Lipinski definition) is 2. The highest BCUT2D eigenvalue weighted by Crippen LogP contribution is 2.25. The van der Waals surface area contributed by atoms with Gasteiger partial charge in [0.25, 0.3) is 0 Å². The molecule has 4 heteroatoms. The summed E-state index contributed by atoms with van der Waals surface area (Å²) in [6.45, 7) is 0. The molecule has 2 rings (SSSR count). The van der Waals surface area contributed by atoms with Gasteiger partial charge in [-0.25, -0.2) is 4.39 Å². The number of benzene rings is 2. The molecule has 0 bridgehead atoms. The van der Waals surface area contributed by atoms with Crippen LogP contribution in [-0.2, 0) is 0 Å². The molecule has 0 spiro atoms. The van der Waals surface area contributed by atoms with Gasteiger partial charge in [-0.1, -0.05) is 46.3 Å². The maximum atomic E-state index is 13.4. The molecule has 19 heavy (non-hydrogen) atoms. The second kappa shape index (κ2) is 5.68. The van der Waals surface area contributed by atoms with Crippen molar-refractivity contribution in [1.29, 1.82) is 5.26 Å². The van der Waals surface area contributed by atoms with E-state index in [2.05, 4.69) is 22.0 Å². The molecule has 0 saturated carbocycles. The molecular formula is C15H10BrFN2. The van der Waals surface area contributed by atoms with E-state index in [1.807, 2.05) is 18.2 Å². The number of allylic oxidation sites excluding steroid dienone is 1. The Morgan fingerprint density at radius 1 is 1.11 bits per heavy atom. The van der Waals surface area contributed by atoms with Gasteiger partial charge >= 0.3 is 0 Å². The van der Waals surface area contributed by atoms with E-state index in [0.29, 0.717) is 21.2 Å². The van der Waals surface area contributed by atoms with Gasteiger partial charge in [-0.05, 0) is 23.8 Å². The molecule has 0 saturated heterocycles. The van der Waals surface area contributed by atoms with Crippen molar-refractivity contribution in [3.8, 4) is 6.07 Å². The summed E-state index contributed by atoms with van der Waals surface area (Å²) in [7, 11) is 0. The number of hydrogen-bond donors (Lipinski definition) is 1. The van der Waals surface area contributed by atoms with Gasteiger partial charge in [0.1, 0.15) is 11.9 Å². The van der Waals surface area contributed by atoms with Crippen LogP contribution >= 0.6 is 15.9 Å². The fourth-order valence-electron chi connectivity index (χ4n) is 1.74. The molecule has 0 unspecified atom stereocenters. The molecular weight excluding hydrogens is 307 g/mol. The zero-order valence-corrected chi connectivity index (χ0v) is 11.5. The van der Waals surface area contributed by atoms with Crippen molar-refractivity contribution in [3.05, 3.63) is 69.9 Å². The number of halogens is 2. The summed E-state index contributed by atoms with van der Waals surface area (Å²) in [6, 6.07) is 15.5. The maximum absolute atomic E-state index is 13.4. The average molecular weight is 317 g/mol. The Hall–Kier alpha value is -2.12. The van der Waals surface area contributed by atoms with Gasteiger partial charge in [0.15, 0.2) is 0 Å². The summed E-state index contributed by atoms with van der Waals surface area (Å²) < 4.78 is 13.9. The van der Waals surface area contributed by atoms with Crippen LogP contribution in [0.15, 0.2) is 53.0 Å². The van der Waals surface area contributed by atoms with Crippen molar-refractivity contribution < 1.29 is 4.39 Å². The molecule has 0 heterocycles. The van der Waals surface area contributed by atoms with Crippen LogP contribution < -0.4 is 5.73 Å². The highest BCUT2D eigenvalue weighted by atomic mass is 79.9. The summed E-state index contributed by atoms with van der Waals surface area (Å²) in [5.41, 5.74) is 7.77. The summed E-state index contributed by atoms with van der Waals surface area (Å²) in [5, 5.41) is 9.26. The number of nitrogens with zero attached hydrogens (tertiary/aromatic N) is 1. The summed E-state index contributed by atoms with van der Waals surface area (Å²) in [5.74, 6) is -0.405. The smallest absolute Gasteiger partial charge is 0.125 e. The van der Waals surface area contributed by atoms with Gasteiger partial charge in [0, 0.05) is 10.0 Å². The minimum atomic E-state index is -0.405. The molecule has 2 aromatic rings. The third-order valence-corrected chi connectivity index (χ3v) is 3.08. The van der Waals surface area contributed by atoms with Gasteiger partial charge in [0.05, 0.1) is 11.3 Å². The van der Waals surface area contributed by atoms with Gasteiger partial charge in [-0.15, -0.1) is 0 Å². The first kappa shape index (κ1) is 13.3. The number of nitriles is 1. The standard InChI is InChI=1S/C15H10BrFN2/c16-12-6-11(7-13(17)8-12)15(19)14(9-18)10-4-2-1-3-5-10/h1-8H,19H2/b15-14-. The Kier molecular flexibility index (Phi) is 3.98. The Labute approximate surface area is 119 Å². The van der Waals surface area contributed by atoms with E-state index in [1.165, 1.54) is 12.1 Å². The minimum absolute atomic E-state index is 0.258. The topological polar surface area (TPSA) is 49.8 Å². The zero-order valence-electron chi connectivity index (χ0n) is 9.90. The molecule has 0 aliphatic rings. The average Bonchev–Trinajstić information content (AvgIpc) is 2.39. The molecule has 2 N–H and O–H groups in total. The Bertz CT molecular complexity index is 652. The van der Waals surface area contributed by atoms with Crippen molar-refractivity contribution >= 4 is 27.2 Å². The van der Waals surface area contributed by atoms with E-state index >= 15 is 0 Å². The highest BCUT2D eigenvalue weighted by Gasteiger charge is 2.09. The molecule has 0 radical (unpaired) electrons. The Morgan fingerprint density at radius 3 is 2.37 bits per heavy atom. The van der Waals surface area contributed by atoms with Crippen LogP contribution in [0.4, 0.5) is 4.39 Å². The van der Waals surface area contributed by atoms with Crippen LogP contribution in [0.3, 0.4) is 0 Å².